The van der Waals surface area contributed by atoms with Crippen LogP contribution in [-0.2, 0) is 16.0 Å². The van der Waals surface area contributed by atoms with Crippen molar-refractivity contribution in [1.82, 2.24) is 5.32 Å². The van der Waals surface area contributed by atoms with E-state index < -0.39 is 12.0 Å². The average molecular weight is 310 g/mol. The fourth-order valence-electron chi connectivity index (χ4n) is 1.97. The highest BCUT2D eigenvalue weighted by atomic mass is 35.5. The van der Waals surface area contributed by atoms with Gasteiger partial charge in [-0.25, -0.2) is 4.79 Å². The molecule has 1 aromatic rings. The van der Waals surface area contributed by atoms with E-state index in [9.17, 15) is 9.59 Å². The molecule has 0 spiro atoms. The molecule has 0 saturated heterocycles. The molecule has 5 heteroatoms. The maximum absolute atomic E-state index is 12.1. The van der Waals surface area contributed by atoms with Crippen molar-refractivity contribution in [3.8, 4) is 0 Å². The molecule has 0 bridgehead atoms. The number of rotatable bonds is 8. The molecule has 114 valence electrons. The number of benzene rings is 1. The summed E-state index contributed by atoms with van der Waals surface area (Å²) in [6.45, 7) is 5.32. The van der Waals surface area contributed by atoms with Crippen molar-refractivity contribution in [2.75, 3.05) is 0 Å². The molecule has 4 nitrogen and oxygen atoms in total. The fourth-order valence-corrected chi connectivity index (χ4v) is 2.18. The first-order valence-electron chi connectivity index (χ1n) is 6.82. The quantitative estimate of drug-likeness (QED) is 0.725. The smallest absolute Gasteiger partial charge is 0.326 e. The van der Waals surface area contributed by atoms with E-state index in [2.05, 4.69) is 11.9 Å². The van der Waals surface area contributed by atoms with Crippen molar-refractivity contribution in [2.24, 2.45) is 5.92 Å². The van der Waals surface area contributed by atoms with Crippen LogP contribution in [0.2, 0.25) is 5.02 Å². The van der Waals surface area contributed by atoms with Gasteiger partial charge in [0, 0.05) is 10.9 Å². The average Bonchev–Trinajstić information content (AvgIpc) is 2.42. The molecule has 1 amide bonds. The molecule has 0 fully saturated rings. The Bertz CT molecular complexity index is 516. The zero-order valence-corrected chi connectivity index (χ0v) is 12.8. The zero-order valence-electron chi connectivity index (χ0n) is 12.0. The Morgan fingerprint density at radius 2 is 2.19 bits per heavy atom. The summed E-state index contributed by atoms with van der Waals surface area (Å²) >= 11 is 5.90. The molecule has 0 aliphatic rings. The summed E-state index contributed by atoms with van der Waals surface area (Å²) in [5.41, 5.74) is 0.947. The lowest BCUT2D eigenvalue weighted by atomic mass is 9.99. The molecule has 0 radical (unpaired) electrons. The van der Waals surface area contributed by atoms with Crippen LogP contribution in [0, 0.1) is 5.92 Å². The highest BCUT2D eigenvalue weighted by Gasteiger charge is 2.22. The lowest BCUT2D eigenvalue weighted by molar-refractivity contribution is -0.142. The largest absolute Gasteiger partial charge is 0.480 e. The van der Waals surface area contributed by atoms with Crippen molar-refractivity contribution >= 4 is 23.5 Å². The molecule has 1 rings (SSSR count). The second-order valence-electron chi connectivity index (χ2n) is 5.00. The van der Waals surface area contributed by atoms with E-state index in [4.69, 9.17) is 16.7 Å². The minimum atomic E-state index is -1.03. The fraction of sp³-hybridized carbons (Fsp3) is 0.375. The first-order valence-corrected chi connectivity index (χ1v) is 7.20. The Labute approximate surface area is 129 Å². The Morgan fingerprint density at radius 3 is 2.76 bits per heavy atom. The van der Waals surface area contributed by atoms with Crippen LogP contribution in [0.1, 0.15) is 25.3 Å². The van der Waals surface area contributed by atoms with Gasteiger partial charge in [-0.1, -0.05) is 36.7 Å². The van der Waals surface area contributed by atoms with Crippen LogP contribution in [0.15, 0.2) is 36.9 Å². The van der Waals surface area contributed by atoms with Gasteiger partial charge in [0.1, 0.15) is 6.04 Å². The van der Waals surface area contributed by atoms with Crippen molar-refractivity contribution < 1.29 is 14.7 Å². The van der Waals surface area contributed by atoms with Crippen LogP contribution in [0.5, 0.6) is 0 Å². The summed E-state index contributed by atoms with van der Waals surface area (Å²) in [6, 6.07) is 6.41. The third kappa shape index (κ3) is 6.00. The zero-order chi connectivity index (χ0) is 15.8. The molecular formula is C16H20ClNO3. The Morgan fingerprint density at radius 1 is 1.48 bits per heavy atom. The first kappa shape index (κ1) is 17.2. The number of carbonyl (C=O) groups is 2. The minimum Gasteiger partial charge on any atom is -0.480 e. The van der Waals surface area contributed by atoms with Crippen LogP contribution in [-0.4, -0.2) is 23.0 Å². The maximum Gasteiger partial charge on any atom is 0.326 e. The summed E-state index contributed by atoms with van der Waals surface area (Å²) in [5, 5.41) is 12.3. The van der Waals surface area contributed by atoms with E-state index in [1.165, 1.54) is 0 Å². The number of halogens is 1. The molecule has 2 unspecified atom stereocenters. The van der Waals surface area contributed by atoms with Crippen LogP contribution >= 0.6 is 11.6 Å². The maximum atomic E-state index is 12.1. The molecule has 0 heterocycles. The predicted molar refractivity (Wildman–Crippen MR) is 83.3 cm³/mol. The second kappa shape index (κ2) is 8.47. The van der Waals surface area contributed by atoms with Gasteiger partial charge < -0.3 is 10.4 Å². The Balaban J connectivity index is 2.60. The van der Waals surface area contributed by atoms with Crippen molar-refractivity contribution in [2.45, 2.75) is 32.2 Å². The third-order valence-electron chi connectivity index (χ3n) is 3.15. The molecular weight excluding hydrogens is 290 g/mol. The molecule has 0 saturated carbocycles. The van der Waals surface area contributed by atoms with E-state index >= 15 is 0 Å². The van der Waals surface area contributed by atoms with Gasteiger partial charge in [0.15, 0.2) is 0 Å². The van der Waals surface area contributed by atoms with E-state index in [-0.39, 0.29) is 11.8 Å². The summed E-state index contributed by atoms with van der Waals surface area (Å²) in [6.07, 6.45) is 3.03. The van der Waals surface area contributed by atoms with Crippen LogP contribution in [0.25, 0.3) is 0 Å². The molecule has 0 aromatic heterocycles. The Hall–Kier alpha value is -1.81. The molecule has 2 N–H and O–H groups in total. The predicted octanol–water partition coefficient (Wildman–Crippen LogP) is 3.05. The number of hydrogen-bond acceptors (Lipinski definition) is 2. The topological polar surface area (TPSA) is 66.4 Å². The highest BCUT2D eigenvalue weighted by Crippen LogP contribution is 2.15. The molecule has 1 aromatic carbocycles. The number of nitrogens with one attached hydrogen (secondary N) is 1. The number of carbonyl (C=O) groups excluding carboxylic acids is 1. The van der Waals surface area contributed by atoms with E-state index in [0.717, 1.165) is 5.56 Å². The van der Waals surface area contributed by atoms with E-state index in [1.807, 2.05) is 12.1 Å². The van der Waals surface area contributed by atoms with E-state index in [0.29, 0.717) is 24.3 Å². The summed E-state index contributed by atoms with van der Waals surface area (Å²) < 4.78 is 0. The second-order valence-corrected chi connectivity index (χ2v) is 5.44. The Kier molecular flexibility index (Phi) is 6.96. The van der Waals surface area contributed by atoms with Gasteiger partial charge in [0.25, 0.3) is 0 Å². The van der Waals surface area contributed by atoms with Gasteiger partial charge in [-0.2, -0.15) is 0 Å². The molecule has 0 aliphatic heterocycles. The standard InChI is InChI=1S/C16H20ClNO3/c1-3-4-8-14(16(20)21)18-15(19)11(2)9-12-6-5-7-13(17)10-12/h3,5-7,10-11,14H,1,4,8-9H2,2H3,(H,18,19)(H,20,21). The van der Waals surface area contributed by atoms with Gasteiger partial charge >= 0.3 is 5.97 Å². The third-order valence-corrected chi connectivity index (χ3v) is 3.39. The highest BCUT2D eigenvalue weighted by molar-refractivity contribution is 6.30. The molecule has 21 heavy (non-hydrogen) atoms. The monoisotopic (exact) mass is 309 g/mol. The lowest BCUT2D eigenvalue weighted by Crippen LogP contribution is -2.43. The number of amides is 1. The van der Waals surface area contributed by atoms with Gasteiger partial charge in [-0.3, -0.25) is 4.79 Å². The van der Waals surface area contributed by atoms with Gasteiger partial charge in [0.05, 0.1) is 0 Å². The number of hydrogen-bond donors (Lipinski definition) is 2. The molecule has 2 atom stereocenters. The van der Waals surface area contributed by atoms with Gasteiger partial charge in [-0.05, 0) is 37.0 Å². The normalized spacial score (nSPS) is 13.2. The van der Waals surface area contributed by atoms with Crippen molar-refractivity contribution in [3.05, 3.63) is 47.5 Å². The van der Waals surface area contributed by atoms with Crippen LogP contribution in [0.3, 0.4) is 0 Å². The summed E-state index contributed by atoms with van der Waals surface area (Å²) in [7, 11) is 0. The van der Waals surface area contributed by atoms with Crippen molar-refractivity contribution in [3.63, 3.8) is 0 Å². The minimum absolute atomic E-state index is 0.272. The van der Waals surface area contributed by atoms with Crippen LogP contribution < -0.4 is 5.32 Å². The van der Waals surface area contributed by atoms with Crippen molar-refractivity contribution in [1.29, 1.82) is 0 Å². The molecule has 0 aliphatic carbocycles. The first-order chi connectivity index (χ1) is 9.93. The summed E-state index contributed by atoms with van der Waals surface area (Å²) in [4.78, 5) is 23.2. The SMILES string of the molecule is C=CCCC(NC(=O)C(C)Cc1cccc(Cl)c1)C(=O)O. The number of carboxylic acid groups (broad SMARTS) is 1. The van der Waals surface area contributed by atoms with Crippen LogP contribution in [0.4, 0.5) is 0 Å². The number of allylic oxidation sites excluding steroid dienone is 1. The van der Waals surface area contributed by atoms with Gasteiger partial charge in [-0.15, -0.1) is 6.58 Å². The number of aliphatic carboxylic acids is 1. The van der Waals surface area contributed by atoms with E-state index in [1.54, 1.807) is 25.1 Å². The summed E-state index contributed by atoms with van der Waals surface area (Å²) in [5.74, 6) is -1.62. The number of carboxylic acids is 1. The lowest BCUT2D eigenvalue weighted by Gasteiger charge is -2.17. The van der Waals surface area contributed by atoms with Gasteiger partial charge in [0.2, 0.25) is 5.91 Å².